The molecule has 1 amide bonds. The highest BCUT2D eigenvalue weighted by Crippen LogP contribution is 2.31. The van der Waals surface area contributed by atoms with E-state index in [1.54, 1.807) is 6.07 Å². The largest absolute Gasteiger partial charge is 0.475 e. The Morgan fingerprint density at radius 3 is 2.54 bits per heavy atom. The number of pyridine rings is 1. The Morgan fingerprint density at radius 2 is 1.78 bits per heavy atom. The van der Waals surface area contributed by atoms with Crippen molar-refractivity contribution in [3.63, 3.8) is 0 Å². The Labute approximate surface area is 217 Å². The van der Waals surface area contributed by atoms with Gasteiger partial charge in [0.05, 0.1) is 11.7 Å². The van der Waals surface area contributed by atoms with Gasteiger partial charge in [0, 0.05) is 23.4 Å². The number of amides is 1. The molecule has 0 radical (unpaired) electrons. The zero-order valence-corrected chi connectivity index (χ0v) is 21.8. The van der Waals surface area contributed by atoms with Crippen molar-refractivity contribution in [3.8, 4) is 17.1 Å². The quantitative estimate of drug-likeness (QED) is 0.523. The molecule has 3 aromatic rings. The molecule has 194 valence electrons. The van der Waals surface area contributed by atoms with E-state index in [-0.39, 0.29) is 41.0 Å². The highest BCUT2D eigenvalue weighted by Gasteiger charge is 2.25. The number of benzene rings is 1. The first-order valence-corrected chi connectivity index (χ1v) is 14.1. The third kappa shape index (κ3) is 5.74. The number of nitrogens with one attached hydrogen (secondary N) is 2. The van der Waals surface area contributed by atoms with Gasteiger partial charge in [-0.1, -0.05) is 50.3 Å². The minimum Gasteiger partial charge on any atom is -0.475 e. The van der Waals surface area contributed by atoms with Gasteiger partial charge in [0.2, 0.25) is 11.8 Å². The normalized spacial score (nSPS) is 19.8. The molecular formula is C27H31N5O4S. The second kappa shape index (κ2) is 10.5. The van der Waals surface area contributed by atoms with Gasteiger partial charge in [-0.2, -0.15) is 13.4 Å². The summed E-state index contributed by atoms with van der Waals surface area (Å²) in [5.41, 5.74) is 3.63. The average Bonchev–Trinajstić information content (AvgIpc) is 2.87. The minimum atomic E-state index is -4.16. The van der Waals surface area contributed by atoms with Gasteiger partial charge in [0.25, 0.3) is 15.9 Å². The van der Waals surface area contributed by atoms with Crippen LogP contribution in [-0.4, -0.2) is 41.9 Å². The molecule has 0 unspecified atom stereocenters. The standard InChI is InChI=1S/C27H31N5O4S/c1-17-7-6-8-18(2)25(17)22-15-23-31-27(30-22)32-37(34,35)24-14-20(11-12-28-24)26(33)29-21(16-36-23)13-19-9-4-3-5-10-19/h6-8,11-12,14-15,19,21H,3-5,9-10,13,16H2,1-2H3,(H,29,33)(H,30,31,32)/t21-/m1/s1. The van der Waals surface area contributed by atoms with Crippen LogP contribution < -0.4 is 14.8 Å². The number of hydrogen-bond acceptors (Lipinski definition) is 7. The van der Waals surface area contributed by atoms with Crippen molar-refractivity contribution >= 4 is 21.9 Å². The van der Waals surface area contributed by atoms with Crippen LogP contribution in [-0.2, 0) is 10.0 Å². The molecule has 0 spiro atoms. The SMILES string of the molecule is Cc1cccc(C)c1-c1cc2nc(n1)NS(=O)(=O)c1cc(ccn1)C(=O)N[C@H](CC1CCCCC1)CO2. The van der Waals surface area contributed by atoms with Crippen LogP contribution in [0.15, 0.2) is 47.6 Å². The van der Waals surface area contributed by atoms with E-state index in [1.165, 1.54) is 37.6 Å². The van der Waals surface area contributed by atoms with E-state index in [0.717, 1.165) is 36.0 Å². The molecule has 1 aliphatic heterocycles. The first kappa shape index (κ1) is 25.1. The zero-order valence-electron chi connectivity index (χ0n) is 21.0. The Hall–Kier alpha value is -3.53. The Kier molecular flexibility index (Phi) is 7.10. The number of ether oxygens (including phenoxy) is 1. The highest BCUT2D eigenvalue weighted by molar-refractivity contribution is 7.92. The maximum absolute atomic E-state index is 13.2. The molecule has 9 nitrogen and oxygen atoms in total. The number of carbonyl (C=O) groups is 1. The highest BCUT2D eigenvalue weighted by atomic mass is 32.2. The Balaban J connectivity index is 1.57. The molecule has 5 rings (SSSR count). The summed E-state index contributed by atoms with van der Waals surface area (Å²) in [5, 5.41) is 2.78. The third-order valence-corrected chi connectivity index (χ3v) is 8.27. The molecular weight excluding hydrogens is 490 g/mol. The van der Waals surface area contributed by atoms with Gasteiger partial charge in [-0.25, -0.2) is 14.7 Å². The van der Waals surface area contributed by atoms with Gasteiger partial charge in [-0.3, -0.25) is 4.79 Å². The number of anilines is 1. The van der Waals surface area contributed by atoms with Crippen LogP contribution in [0.25, 0.3) is 11.3 Å². The van der Waals surface area contributed by atoms with E-state index in [2.05, 4.69) is 25.0 Å². The lowest BCUT2D eigenvalue weighted by molar-refractivity contribution is 0.0907. The molecule has 10 heteroatoms. The molecule has 2 aromatic heterocycles. The number of hydrogen-bond donors (Lipinski definition) is 2. The molecule has 37 heavy (non-hydrogen) atoms. The van der Waals surface area contributed by atoms with Gasteiger partial charge in [0.1, 0.15) is 6.61 Å². The van der Waals surface area contributed by atoms with Crippen LogP contribution in [0.2, 0.25) is 0 Å². The number of aromatic nitrogens is 3. The zero-order chi connectivity index (χ0) is 26.0. The van der Waals surface area contributed by atoms with Crippen molar-refractivity contribution < 1.29 is 17.9 Å². The van der Waals surface area contributed by atoms with Crippen molar-refractivity contribution in [2.45, 2.75) is 63.4 Å². The summed E-state index contributed by atoms with van der Waals surface area (Å²) >= 11 is 0. The van der Waals surface area contributed by atoms with Crippen molar-refractivity contribution in [1.29, 1.82) is 0 Å². The van der Waals surface area contributed by atoms with Crippen LogP contribution in [0.3, 0.4) is 0 Å². The van der Waals surface area contributed by atoms with Crippen LogP contribution in [0.4, 0.5) is 5.95 Å². The molecule has 1 saturated carbocycles. The third-order valence-electron chi connectivity index (χ3n) is 7.05. The molecule has 1 aromatic carbocycles. The maximum atomic E-state index is 13.2. The Bertz CT molecular complexity index is 1400. The average molecular weight is 522 g/mol. The number of fused-ring (bicyclic) bond motifs is 4. The second-order valence-corrected chi connectivity index (χ2v) is 11.5. The summed E-state index contributed by atoms with van der Waals surface area (Å²) in [6, 6.07) is 10.1. The molecule has 3 heterocycles. The minimum absolute atomic E-state index is 0.121. The van der Waals surface area contributed by atoms with E-state index in [4.69, 9.17) is 4.74 Å². The summed E-state index contributed by atoms with van der Waals surface area (Å²) in [6.45, 7) is 4.15. The van der Waals surface area contributed by atoms with Gasteiger partial charge in [-0.05, 0) is 49.4 Å². The summed E-state index contributed by atoms with van der Waals surface area (Å²) in [7, 11) is -4.16. The van der Waals surface area contributed by atoms with E-state index >= 15 is 0 Å². The fourth-order valence-corrected chi connectivity index (χ4v) is 6.13. The number of sulfonamides is 1. The lowest BCUT2D eigenvalue weighted by atomic mass is 9.85. The topological polar surface area (TPSA) is 123 Å². The van der Waals surface area contributed by atoms with Gasteiger partial charge < -0.3 is 10.1 Å². The van der Waals surface area contributed by atoms with Gasteiger partial charge in [-0.15, -0.1) is 0 Å². The number of rotatable bonds is 3. The molecule has 1 fully saturated rings. The summed E-state index contributed by atoms with van der Waals surface area (Å²) < 4.78 is 34.9. The van der Waals surface area contributed by atoms with Crippen LogP contribution in [0.1, 0.15) is 60.0 Å². The predicted molar refractivity (Wildman–Crippen MR) is 140 cm³/mol. The van der Waals surface area contributed by atoms with Crippen molar-refractivity contribution in [3.05, 3.63) is 59.3 Å². The summed E-state index contributed by atoms with van der Waals surface area (Å²) in [4.78, 5) is 26.0. The van der Waals surface area contributed by atoms with E-state index < -0.39 is 10.0 Å². The van der Waals surface area contributed by atoms with Gasteiger partial charge >= 0.3 is 0 Å². The smallest absolute Gasteiger partial charge is 0.281 e. The van der Waals surface area contributed by atoms with Crippen LogP contribution in [0.5, 0.6) is 5.88 Å². The predicted octanol–water partition coefficient (Wildman–Crippen LogP) is 4.42. The Morgan fingerprint density at radius 1 is 1.03 bits per heavy atom. The van der Waals surface area contributed by atoms with Crippen molar-refractivity contribution in [2.75, 3.05) is 11.3 Å². The molecule has 0 saturated heterocycles. The molecule has 4 bridgehead atoms. The first-order valence-electron chi connectivity index (χ1n) is 12.7. The fourth-order valence-electron chi connectivity index (χ4n) is 5.21. The summed E-state index contributed by atoms with van der Waals surface area (Å²) in [5.74, 6) is 0.243. The lowest BCUT2D eigenvalue weighted by Gasteiger charge is -2.27. The van der Waals surface area contributed by atoms with E-state index in [0.29, 0.717) is 11.6 Å². The molecule has 2 N–H and O–H groups in total. The van der Waals surface area contributed by atoms with Crippen LogP contribution in [0, 0.1) is 19.8 Å². The van der Waals surface area contributed by atoms with Crippen LogP contribution >= 0.6 is 0 Å². The van der Waals surface area contributed by atoms with Gasteiger partial charge in [0.15, 0.2) is 5.03 Å². The second-order valence-electron chi connectivity index (χ2n) is 9.89. The maximum Gasteiger partial charge on any atom is 0.281 e. The summed E-state index contributed by atoms with van der Waals surface area (Å²) in [6.07, 6.45) is 7.98. The monoisotopic (exact) mass is 521 g/mol. The molecule has 1 aliphatic carbocycles. The van der Waals surface area contributed by atoms with E-state index in [1.807, 2.05) is 32.0 Å². The molecule has 1 atom stereocenters. The number of aryl methyl sites for hydroxylation is 2. The van der Waals surface area contributed by atoms with E-state index in [9.17, 15) is 13.2 Å². The van der Waals surface area contributed by atoms with Crippen molar-refractivity contribution in [2.24, 2.45) is 5.92 Å². The first-order chi connectivity index (χ1) is 17.8. The number of nitrogens with zero attached hydrogens (tertiary/aromatic N) is 3. The lowest BCUT2D eigenvalue weighted by Crippen LogP contribution is -2.40. The molecule has 2 aliphatic rings. The number of carbonyl (C=O) groups excluding carboxylic acids is 1. The van der Waals surface area contributed by atoms with Crippen molar-refractivity contribution in [1.82, 2.24) is 20.3 Å². The fraction of sp³-hybridized carbons (Fsp3) is 0.407.